The molecule has 0 aliphatic heterocycles. The molecular weight excluding hydrogens is 325 g/mol. The molecular formula is C14H9BrFN3O. The van der Waals surface area contributed by atoms with Crippen LogP contribution in [0.2, 0.25) is 0 Å². The van der Waals surface area contributed by atoms with Crippen LogP contribution >= 0.6 is 15.9 Å². The van der Waals surface area contributed by atoms with E-state index in [1.54, 1.807) is 24.3 Å². The number of benzene rings is 2. The molecule has 6 heteroatoms. The van der Waals surface area contributed by atoms with Crippen molar-refractivity contribution in [2.75, 3.05) is 10.6 Å². The third kappa shape index (κ3) is 3.56. The number of carbonyl (C=O) groups is 1. The van der Waals surface area contributed by atoms with Gasteiger partial charge in [0.2, 0.25) is 0 Å². The molecule has 0 heterocycles. The van der Waals surface area contributed by atoms with Crippen LogP contribution in [-0.4, -0.2) is 6.03 Å². The van der Waals surface area contributed by atoms with Crippen molar-refractivity contribution in [3.05, 3.63) is 58.3 Å². The van der Waals surface area contributed by atoms with Gasteiger partial charge in [-0.3, -0.25) is 0 Å². The van der Waals surface area contributed by atoms with E-state index >= 15 is 0 Å². The first kappa shape index (κ1) is 14.0. The Hall–Kier alpha value is -2.39. The van der Waals surface area contributed by atoms with Gasteiger partial charge < -0.3 is 10.6 Å². The Morgan fingerprint density at radius 3 is 2.70 bits per heavy atom. The smallest absolute Gasteiger partial charge is 0.308 e. The highest BCUT2D eigenvalue weighted by molar-refractivity contribution is 9.10. The van der Waals surface area contributed by atoms with Gasteiger partial charge in [-0.25, -0.2) is 9.18 Å². The minimum absolute atomic E-state index is 0.0714. The molecule has 0 aliphatic carbocycles. The van der Waals surface area contributed by atoms with Crippen LogP contribution in [-0.2, 0) is 0 Å². The fourth-order valence-corrected chi connectivity index (χ4v) is 1.88. The van der Waals surface area contributed by atoms with Crippen LogP contribution in [0.5, 0.6) is 0 Å². The number of nitrogens with one attached hydrogen (secondary N) is 2. The molecule has 0 bridgehead atoms. The van der Waals surface area contributed by atoms with Crippen molar-refractivity contribution in [1.29, 1.82) is 5.26 Å². The van der Waals surface area contributed by atoms with Crippen LogP contribution in [0.25, 0.3) is 0 Å². The van der Waals surface area contributed by atoms with Crippen LogP contribution < -0.4 is 10.6 Å². The predicted octanol–water partition coefficient (Wildman–Crippen LogP) is 4.10. The summed E-state index contributed by atoms with van der Waals surface area (Å²) < 4.78 is 14.1. The average molecular weight is 334 g/mol. The molecule has 0 radical (unpaired) electrons. The van der Waals surface area contributed by atoms with E-state index in [0.717, 1.165) is 0 Å². The summed E-state index contributed by atoms with van der Waals surface area (Å²) in [6.45, 7) is 0. The molecule has 0 atom stereocenters. The lowest BCUT2D eigenvalue weighted by Gasteiger charge is -2.08. The molecule has 0 unspecified atom stereocenters. The summed E-state index contributed by atoms with van der Waals surface area (Å²) in [5.41, 5.74) is 0.957. The maximum atomic E-state index is 13.6. The Kier molecular flexibility index (Phi) is 4.33. The second-order valence-electron chi connectivity index (χ2n) is 3.90. The van der Waals surface area contributed by atoms with Gasteiger partial charge in [-0.05, 0) is 36.4 Å². The summed E-state index contributed by atoms with van der Waals surface area (Å²) in [4.78, 5) is 11.7. The highest BCUT2D eigenvalue weighted by Crippen LogP contribution is 2.19. The molecule has 0 aromatic heterocycles. The van der Waals surface area contributed by atoms with Crippen molar-refractivity contribution in [1.82, 2.24) is 0 Å². The summed E-state index contributed by atoms with van der Waals surface area (Å²) in [5.74, 6) is -0.541. The SMILES string of the molecule is N#Cc1cccc(NC(=O)Nc2ccc(Br)cc2F)c1. The molecule has 0 fully saturated rings. The molecule has 0 aliphatic rings. The second-order valence-corrected chi connectivity index (χ2v) is 4.81. The van der Waals surface area contributed by atoms with Crippen LogP contribution in [0.15, 0.2) is 46.9 Å². The zero-order valence-electron chi connectivity index (χ0n) is 10.2. The van der Waals surface area contributed by atoms with Gasteiger partial charge in [0, 0.05) is 10.2 Å². The van der Waals surface area contributed by atoms with Gasteiger partial charge in [0.25, 0.3) is 0 Å². The standard InChI is InChI=1S/C14H9BrFN3O/c15-10-4-5-13(12(16)7-10)19-14(20)18-11-3-1-2-9(6-11)8-17/h1-7H,(H2,18,19,20). The van der Waals surface area contributed by atoms with Crippen molar-refractivity contribution in [3.8, 4) is 6.07 Å². The predicted molar refractivity (Wildman–Crippen MR) is 77.9 cm³/mol. The number of amides is 2. The van der Waals surface area contributed by atoms with Crippen molar-refractivity contribution in [3.63, 3.8) is 0 Å². The summed E-state index contributed by atoms with van der Waals surface area (Å²) >= 11 is 3.13. The second kappa shape index (κ2) is 6.17. The lowest BCUT2D eigenvalue weighted by molar-refractivity contribution is 0.262. The van der Waals surface area contributed by atoms with E-state index in [4.69, 9.17) is 5.26 Å². The number of hydrogen-bond donors (Lipinski definition) is 2. The topological polar surface area (TPSA) is 64.9 Å². The Morgan fingerprint density at radius 2 is 2.00 bits per heavy atom. The minimum Gasteiger partial charge on any atom is -0.308 e. The number of halogens is 2. The van der Waals surface area contributed by atoms with Gasteiger partial charge in [0.1, 0.15) is 5.82 Å². The van der Waals surface area contributed by atoms with Crippen LogP contribution in [0.3, 0.4) is 0 Å². The molecule has 0 saturated heterocycles. The van der Waals surface area contributed by atoms with Crippen molar-refractivity contribution in [2.45, 2.75) is 0 Å². The molecule has 2 amide bonds. The highest BCUT2D eigenvalue weighted by Gasteiger charge is 2.07. The van der Waals surface area contributed by atoms with E-state index in [0.29, 0.717) is 15.7 Å². The van der Waals surface area contributed by atoms with E-state index in [-0.39, 0.29) is 5.69 Å². The van der Waals surface area contributed by atoms with Crippen molar-refractivity contribution < 1.29 is 9.18 Å². The Balaban J connectivity index is 2.07. The van der Waals surface area contributed by atoms with E-state index in [1.165, 1.54) is 18.2 Å². The number of nitriles is 1. The first-order chi connectivity index (χ1) is 9.58. The Bertz CT molecular complexity index is 697. The third-order valence-corrected chi connectivity index (χ3v) is 2.92. The quantitative estimate of drug-likeness (QED) is 0.868. The summed E-state index contributed by atoms with van der Waals surface area (Å²) in [6, 6.07) is 12.1. The summed E-state index contributed by atoms with van der Waals surface area (Å²) in [7, 11) is 0. The van der Waals surface area contributed by atoms with Crippen LogP contribution in [0, 0.1) is 17.1 Å². The summed E-state index contributed by atoms with van der Waals surface area (Å²) in [6.07, 6.45) is 0. The molecule has 4 nitrogen and oxygen atoms in total. The highest BCUT2D eigenvalue weighted by atomic mass is 79.9. The third-order valence-electron chi connectivity index (χ3n) is 2.43. The minimum atomic E-state index is -0.582. The fourth-order valence-electron chi connectivity index (χ4n) is 1.54. The first-order valence-electron chi connectivity index (χ1n) is 5.62. The Labute approximate surface area is 123 Å². The van der Waals surface area contributed by atoms with E-state index in [2.05, 4.69) is 26.6 Å². The normalized spacial score (nSPS) is 9.65. The largest absolute Gasteiger partial charge is 0.323 e. The fraction of sp³-hybridized carbons (Fsp3) is 0. The number of nitrogens with zero attached hydrogens (tertiary/aromatic N) is 1. The molecule has 0 saturated carbocycles. The maximum Gasteiger partial charge on any atom is 0.323 e. The van der Waals surface area contributed by atoms with Gasteiger partial charge >= 0.3 is 6.03 Å². The van der Waals surface area contributed by atoms with Gasteiger partial charge in [-0.15, -0.1) is 0 Å². The summed E-state index contributed by atoms with van der Waals surface area (Å²) in [5, 5.41) is 13.7. The number of carbonyl (C=O) groups excluding carboxylic acids is 1. The molecule has 20 heavy (non-hydrogen) atoms. The monoisotopic (exact) mass is 333 g/mol. The molecule has 2 N–H and O–H groups in total. The molecule has 0 spiro atoms. The molecule has 100 valence electrons. The first-order valence-corrected chi connectivity index (χ1v) is 6.41. The maximum absolute atomic E-state index is 13.6. The number of rotatable bonds is 2. The van der Waals surface area contributed by atoms with E-state index in [9.17, 15) is 9.18 Å². The van der Waals surface area contributed by atoms with Crippen LogP contribution in [0.4, 0.5) is 20.6 Å². The zero-order chi connectivity index (χ0) is 14.5. The lowest BCUT2D eigenvalue weighted by atomic mass is 10.2. The van der Waals surface area contributed by atoms with E-state index < -0.39 is 11.8 Å². The number of anilines is 2. The van der Waals surface area contributed by atoms with Gasteiger partial charge in [0.15, 0.2) is 0 Å². The lowest BCUT2D eigenvalue weighted by Crippen LogP contribution is -2.20. The average Bonchev–Trinajstić information content (AvgIpc) is 2.42. The van der Waals surface area contributed by atoms with E-state index in [1.807, 2.05) is 6.07 Å². The van der Waals surface area contributed by atoms with Crippen LogP contribution in [0.1, 0.15) is 5.56 Å². The van der Waals surface area contributed by atoms with Gasteiger partial charge in [-0.2, -0.15) is 5.26 Å². The molecule has 2 aromatic rings. The van der Waals surface area contributed by atoms with Gasteiger partial charge in [-0.1, -0.05) is 22.0 Å². The number of hydrogen-bond acceptors (Lipinski definition) is 2. The molecule has 2 rings (SSSR count). The molecule has 2 aromatic carbocycles. The van der Waals surface area contributed by atoms with Crippen molar-refractivity contribution in [2.24, 2.45) is 0 Å². The zero-order valence-corrected chi connectivity index (χ0v) is 11.7. The Morgan fingerprint density at radius 1 is 1.20 bits per heavy atom. The number of urea groups is 1. The van der Waals surface area contributed by atoms with Crippen molar-refractivity contribution >= 4 is 33.3 Å². The van der Waals surface area contributed by atoms with Gasteiger partial charge in [0.05, 0.1) is 17.3 Å².